The molecule has 9 aromatic rings. The van der Waals surface area contributed by atoms with Crippen LogP contribution in [0.2, 0.25) is 0 Å². The average Bonchev–Trinajstić information content (AvgIpc) is 3.70. The van der Waals surface area contributed by atoms with E-state index in [-0.39, 0.29) is 43.1 Å². The Morgan fingerprint density at radius 1 is 0.530 bits per heavy atom. The van der Waals surface area contributed by atoms with Crippen LogP contribution in [0.25, 0.3) is 83.9 Å². The summed E-state index contributed by atoms with van der Waals surface area (Å²) in [6.45, 7) is 17.6. The number of hydrogen-bond acceptors (Lipinski definition) is 3. The van der Waals surface area contributed by atoms with Crippen molar-refractivity contribution >= 4 is 11.0 Å². The van der Waals surface area contributed by atoms with Gasteiger partial charge in [0.2, 0.25) is 0 Å². The number of nitrogens with zero attached hydrogens (tertiary/aromatic N) is 3. The number of fused-ring (bicyclic) bond motifs is 1. The van der Waals surface area contributed by atoms with Gasteiger partial charge in [0, 0.05) is 48.3 Å². The summed E-state index contributed by atoms with van der Waals surface area (Å²) in [5, 5.41) is 12.5. The van der Waals surface area contributed by atoms with E-state index in [0.717, 1.165) is 78.0 Å². The number of hydrogen-bond donors (Lipinski definition) is 1. The summed E-state index contributed by atoms with van der Waals surface area (Å²) < 4.78 is 25.8. The molecule has 0 bridgehead atoms. The molecule has 0 saturated heterocycles. The van der Waals surface area contributed by atoms with E-state index in [1.54, 1.807) is 18.3 Å². The van der Waals surface area contributed by atoms with Crippen LogP contribution in [0.3, 0.4) is 0 Å². The van der Waals surface area contributed by atoms with Gasteiger partial charge in [0.15, 0.2) is 0 Å². The van der Waals surface area contributed by atoms with Crippen LogP contribution in [-0.4, -0.2) is 19.6 Å². The number of rotatable bonds is 7. The minimum Gasteiger partial charge on any atom is -0.507 e. The molecule has 4 nitrogen and oxygen atoms in total. The van der Waals surface area contributed by atoms with E-state index in [4.69, 9.17) is 14.1 Å². The molecule has 0 amide bonds. The van der Waals surface area contributed by atoms with E-state index < -0.39 is 6.85 Å². The molecule has 2 heterocycles. The zero-order valence-corrected chi connectivity index (χ0v) is 41.5. The Labute approximate surface area is 410 Å². The van der Waals surface area contributed by atoms with E-state index >= 15 is 0 Å². The Bertz CT molecular complexity index is 3320. The van der Waals surface area contributed by atoms with E-state index in [1.165, 1.54) is 11.1 Å². The van der Waals surface area contributed by atoms with E-state index in [9.17, 15) is 5.11 Å². The van der Waals surface area contributed by atoms with Gasteiger partial charge in [-0.25, -0.2) is 4.98 Å². The Balaban J connectivity index is 0.00000642. The van der Waals surface area contributed by atoms with Gasteiger partial charge in [0.1, 0.15) is 11.6 Å². The largest absolute Gasteiger partial charge is 0.507 e. The predicted molar refractivity (Wildman–Crippen MR) is 273 cm³/mol. The summed E-state index contributed by atoms with van der Waals surface area (Å²) in [6, 6.07) is 57.3. The van der Waals surface area contributed by atoms with Crippen LogP contribution >= 0.6 is 0 Å². The van der Waals surface area contributed by atoms with Gasteiger partial charge in [-0.15, -0.1) is 23.8 Å². The monoisotopic (exact) mass is 1050 g/mol. The molecule has 7 aromatic carbocycles. The van der Waals surface area contributed by atoms with Crippen molar-refractivity contribution in [2.45, 2.75) is 85.4 Å². The summed E-state index contributed by atoms with van der Waals surface area (Å²) in [4.78, 5) is 10.5. The van der Waals surface area contributed by atoms with Crippen molar-refractivity contribution in [3.05, 3.63) is 192 Å². The molecule has 9 rings (SSSR count). The SMILES string of the molecule is [2H]C([2H])([2H])c1ccc(-c2ccnc(-c3[c-]c(-c4cccc5c4nc(-c4cc(C(C)(C)C)cc(C(C)(C)C)c4O)n5-c4ccc(-c5ccccc5)c(C(C)(C)C)c4)cc(-c4ccccc4)c3)c2)cc1.[Pt]. The molecule has 0 radical (unpaired) electrons. The number of para-hydroxylation sites is 1. The van der Waals surface area contributed by atoms with Gasteiger partial charge in [-0.1, -0.05) is 200 Å². The van der Waals surface area contributed by atoms with E-state index in [0.29, 0.717) is 17.0 Å². The molecule has 2 aromatic heterocycles. The fourth-order valence-electron chi connectivity index (χ4n) is 8.80. The molecule has 0 saturated carbocycles. The first-order valence-electron chi connectivity index (χ1n) is 24.0. The Hall–Kier alpha value is -6.35. The number of aromatic hydroxyl groups is 1. The maximum absolute atomic E-state index is 12.5. The van der Waals surface area contributed by atoms with Crippen LogP contribution in [0.4, 0.5) is 0 Å². The number of phenolic OH excluding ortho intramolecular Hbond substituents is 1. The van der Waals surface area contributed by atoms with Crippen molar-refractivity contribution in [3.8, 4) is 78.6 Å². The van der Waals surface area contributed by atoms with E-state index in [1.807, 2.05) is 42.5 Å². The zero-order chi connectivity index (χ0) is 48.3. The molecule has 5 heteroatoms. The third-order valence-electron chi connectivity index (χ3n) is 12.4. The molecule has 0 fully saturated rings. The summed E-state index contributed by atoms with van der Waals surface area (Å²) in [5.41, 5.74) is 15.4. The molecular weight excluding hydrogens is 986 g/mol. The normalized spacial score (nSPS) is 12.9. The second-order valence-corrected chi connectivity index (χ2v) is 20.3. The van der Waals surface area contributed by atoms with Crippen LogP contribution in [-0.2, 0) is 37.3 Å². The third-order valence-corrected chi connectivity index (χ3v) is 12.4. The number of aromatic nitrogens is 3. The van der Waals surface area contributed by atoms with Crippen molar-refractivity contribution in [1.29, 1.82) is 0 Å². The quantitative estimate of drug-likeness (QED) is 0.162. The number of pyridine rings is 1. The van der Waals surface area contributed by atoms with Crippen molar-refractivity contribution in [1.82, 2.24) is 14.5 Å². The van der Waals surface area contributed by atoms with Gasteiger partial charge in [-0.3, -0.25) is 9.55 Å². The maximum Gasteiger partial charge on any atom is 0.148 e. The Morgan fingerprint density at radius 2 is 1.18 bits per heavy atom. The van der Waals surface area contributed by atoms with Crippen LogP contribution < -0.4 is 0 Å². The Kier molecular flexibility index (Phi) is 11.4. The van der Waals surface area contributed by atoms with Crippen LogP contribution in [0.5, 0.6) is 5.75 Å². The molecule has 0 atom stereocenters. The van der Waals surface area contributed by atoms with Crippen molar-refractivity contribution in [3.63, 3.8) is 0 Å². The number of aryl methyl sites for hydroxylation is 1. The van der Waals surface area contributed by atoms with Crippen molar-refractivity contribution in [2.24, 2.45) is 0 Å². The minimum atomic E-state index is -2.18. The van der Waals surface area contributed by atoms with Gasteiger partial charge in [-0.2, -0.15) is 0 Å². The first-order valence-corrected chi connectivity index (χ1v) is 22.5. The van der Waals surface area contributed by atoms with Gasteiger partial charge in [0.25, 0.3) is 0 Å². The van der Waals surface area contributed by atoms with Crippen LogP contribution in [0, 0.1) is 12.9 Å². The van der Waals surface area contributed by atoms with Gasteiger partial charge in [-0.05, 0) is 92.4 Å². The third kappa shape index (κ3) is 9.09. The molecule has 334 valence electrons. The van der Waals surface area contributed by atoms with Crippen molar-refractivity contribution < 1.29 is 30.3 Å². The second kappa shape index (κ2) is 17.8. The van der Waals surface area contributed by atoms with Gasteiger partial charge < -0.3 is 5.11 Å². The number of benzene rings is 7. The second-order valence-electron chi connectivity index (χ2n) is 20.3. The predicted octanol–water partition coefficient (Wildman–Crippen LogP) is 16.1. The fourth-order valence-corrected chi connectivity index (χ4v) is 8.80. The van der Waals surface area contributed by atoms with Gasteiger partial charge in [0.05, 0.1) is 16.6 Å². The summed E-state index contributed by atoms with van der Waals surface area (Å²) in [6.07, 6.45) is 1.79. The van der Waals surface area contributed by atoms with Gasteiger partial charge >= 0.3 is 0 Å². The maximum atomic E-state index is 12.5. The first-order chi connectivity index (χ1) is 32.1. The average molecular weight is 1050 g/mol. The number of imidazole rings is 1. The fraction of sp³-hybridized carbons (Fsp3) is 0.213. The Morgan fingerprint density at radius 3 is 1.83 bits per heavy atom. The molecule has 0 aliphatic carbocycles. The molecular formula is C61H58N3OPt-. The molecule has 0 aliphatic heterocycles. The smallest absolute Gasteiger partial charge is 0.148 e. The summed E-state index contributed by atoms with van der Waals surface area (Å²) in [5.74, 6) is 0.867. The zero-order valence-electron chi connectivity index (χ0n) is 42.2. The molecule has 0 aliphatic rings. The molecule has 1 N–H and O–H groups in total. The molecule has 66 heavy (non-hydrogen) atoms. The topological polar surface area (TPSA) is 50.9 Å². The van der Waals surface area contributed by atoms with Crippen LogP contribution in [0.15, 0.2) is 164 Å². The standard InChI is InChI=1S/C61H58N3O.Pt/c1-39-24-26-41(27-25-39)43-30-31-62-54(35-43)46-33-44(40-18-13-11-14-19-40)32-45(34-46)50-22-17-23-55-56(50)63-58(51-36-47(59(2,3)4)37-53(57(51)65)61(8,9)10)64(55)48-28-29-49(42-20-15-12-16-21-42)52(38-48)60(5,6)7;/h11-33,35-38,65H,1-10H3;/q-1;/i1D3;. The summed E-state index contributed by atoms with van der Waals surface area (Å²) >= 11 is 0. The van der Waals surface area contributed by atoms with Crippen molar-refractivity contribution in [2.75, 3.05) is 0 Å². The minimum absolute atomic E-state index is 0. The first kappa shape index (κ1) is 42.3. The number of phenols is 1. The summed E-state index contributed by atoms with van der Waals surface area (Å²) in [7, 11) is 0. The molecule has 0 unspecified atom stereocenters. The molecule has 0 spiro atoms. The van der Waals surface area contributed by atoms with Crippen LogP contribution in [0.1, 0.15) is 88.7 Å². The van der Waals surface area contributed by atoms with E-state index in [2.05, 4.69) is 176 Å².